The van der Waals surface area contributed by atoms with Gasteiger partial charge in [-0.2, -0.15) is 5.26 Å². The minimum absolute atomic E-state index is 0.315. The van der Waals surface area contributed by atoms with Gasteiger partial charge < -0.3 is 25.1 Å². The quantitative estimate of drug-likeness (QED) is 0.280. The molecule has 0 radical (unpaired) electrons. The number of methoxy groups -OCH3 is 1. The molecule has 2 heterocycles. The molecule has 9 nitrogen and oxygen atoms in total. The molecule has 3 aromatic carbocycles. The van der Waals surface area contributed by atoms with E-state index < -0.39 is 24.1 Å². The van der Waals surface area contributed by atoms with E-state index in [0.717, 1.165) is 16.8 Å². The summed E-state index contributed by atoms with van der Waals surface area (Å²) < 4.78 is 11.2. The standard InChI is InChI=1S/C30H27N5O4/c1-18(21-7-3-6-20(13-21)16-31)39-29(36)27-25(11-9-19-5-4-8-23(14-19)38-2)34-30(37)35-28(27)22-10-12-24-26(15-22)33-17-32-24/h3-8,10,12-15,17-18,28H,9,11H2,1-2H3,(H,32,33)(H2,34,35,37). The van der Waals surface area contributed by atoms with E-state index in [4.69, 9.17) is 9.47 Å². The summed E-state index contributed by atoms with van der Waals surface area (Å²) in [6.45, 7) is 1.75. The number of esters is 1. The van der Waals surface area contributed by atoms with Gasteiger partial charge in [0.1, 0.15) is 11.9 Å². The molecule has 0 saturated heterocycles. The number of aromatic amines is 1. The van der Waals surface area contributed by atoms with E-state index in [-0.39, 0.29) is 0 Å². The molecule has 2 amide bonds. The third-order valence-corrected chi connectivity index (χ3v) is 6.72. The number of nitriles is 1. The van der Waals surface area contributed by atoms with Crippen LogP contribution in [-0.2, 0) is 16.0 Å². The number of carbonyl (C=O) groups excluding carboxylic acids is 2. The highest BCUT2D eigenvalue weighted by Gasteiger charge is 2.34. The maximum atomic E-state index is 13.8. The number of hydrogen-bond acceptors (Lipinski definition) is 6. The van der Waals surface area contributed by atoms with Crippen molar-refractivity contribution >= 4 is 23.0 Å². The summed E-state index contributed by atoms with van der Waals surface area (Å²) in [7, 11) is 1.61. The lowest BCUT2D eigenvalue weighted by molar-refractivity contribution is -0.144. The summed E-state index contributed by atoms with van der Waals surface area (Å²) >= 11 is 0. The van der Waals surface area contributed by atoms with E-state index >= 15 is 0 Å². The van der Waals surface area contributed by atoms with Crippen molar-refractivity contribution in [2.45, 2.75) is 31.9 Å². The second-order valence-corrected chi connectivity index (χ2v) is 9.24. The van der Waals surface area contributed by atoms with E-state index in [1.165, 1.54) is 0 Å². The minimum Gasteiger partial charge on any atom is -0.497 e. The number of ether oxygens (including phenoxy) is 2. The first-order chi connectivity index (χ1) is 18.9. The number of carbonyl (C=O) groups is 2. The second-order valence-electron chi connectivity index (χ2n) is 9.24. The number of amides is 2. The van der Waals surface area contributed by atoms with Crippen molar-refractivity contribution in [3.63, 3.8) is 0 Å². The van der Waals surface area contributed by atoms with Gasteiger partial charge in [0.25, 0.3) is 0 Å². The number of nitrogens with one attached hydrogen (secondary N) is 3. The molecule has 1 aromatic heterocycles. The molecule has 0 saturated carbocycles. The third-order valence-electron chi connectivity index (χ3n) is 6.72. The van der Waals surface area contributed by atoms with Gasteiger partial charge in [-0.25, -0.2) is 14.6 Å². The van der Waals surface area contributed by atoms with Crippen LogP contribution in [0.3, 0.4) is 0 Å². The first-order valence-corrected chi connectivity index (χ1v) is 12.5. The van der Waals surface area contributed by atoms with Gasteiger partial charge in [0.2, 0.25) is 0 Å². The lowest BCUT2D eigenvalue weighted by Gasteiger charge is -2.30. The zero-order valence-corrected chi connectivity index (χ0v) is 21.5. The number of imidazole rings is 1. The van der Waals surface area contributed by atoms with Gasteiger partial charge in [-0.3, -0.25) is 0 Å². The van der Waals surface area contributed by atoms with Crippen molar-refractivity contribution in [3.8, 4) is 11.8 Å². The van der Waals surface area contributed by atoms with E-state index in [9.17, 15) is 14.9 Å². The van der Waals surface area contributed by atoms with Crippen LogP contribution in [-0.4, -0.2) is 29.1 Å². The van der Waals surface area contributed by atoms with Gasteiger partial charge in [-0.05, 0) is 72.9 Å². The number of hydrogen-bond donors (Lipinski definition) is 3. The molecule has 196 valence electrons. The number of allylic oxidation sites excluding steroid dienone is 1. The molecule has 0 fully saturated rings. The van der Waals surface area contributed by atoms with E-state index in [2.05, 4.69) is 26.7 Å². The molecular weight excluding hydrogens is 494 g/mol. The number of urea groups is 1. The van der Waals surface area contributed by atoms with E-state index in [0.29, 0.717) is 46.3 Å². The van der Waals surface area contributed by atoms with Gasteiger partial charge in [-0.15, -0.1) is 0 Å². The Hall–Kier alpha value is -5.10. The summed E-state index contributed by atoms with van der Waals surface area (Å²) in [5.41, 5.74) is 5.23. The molecule has 0 aliphatic carbocycles. The molecule has 2 atom stereocenters. The van der Waals surface area contributed by atoms with Crippen molar-refractivity contribution < 1.29 is 19.1 Å². The lowest BCUT2D eigenvalue weighted by Crippen LogP contribution is -2.46. The molecule has 2 unspecified atom stereocenters. The van der Waals surface area contributed by atoms with E-state index in [1.54, 1.807) is 44.6 Å². The highest BCUT2D eigenvalue weighted by atomic mass is 16.5. The Kier molecular flexibility index (Phi) is 7.28. The van der Waals surface area contributed by atoms with Crippen LogP contribution in [0.2, 0.25) is 0 Å². The molecule has 4 aromatic rings. The zero-order valence-electron chi connectivity index (χ0n) is 21.5. The molecule has 1 aliphatic heterocycles. The van der Waals surface area contributed by atoms with Crippen molar-refractivity contribution in [1.29, 1.82) is 5.26 Å². The first kappa shape index (κ1) is 25.5. The summed E-state index contributed by atoms with van der Waals surface area (Å²) in [5.74, 6) is 0.166. The molecule has 39 heavy (non-hydrogen) atoms. The maximum Gasteiger partial charge on any atom is 0.338 e. The first-order valence-electron chi connectivity index (χ1n) is 12.5. The maximum absolute atomic E-state index is 13.8. The average molecular weight is 522 g/mol. The van der Waals surface area contributed by atoms with Gasteiger partial charge in [0, 0.05) is 5.70 Å². The molecule has 1 aliphatic rings. The zero-order chi connectivity index (χ0) is 27.4. The smallest absolute Gasteiger partial charge is 0.338 e. The Bertz CT molecular complexity index is 1620. The Labute approximate surface area is 225 Å². The number of aromatic nitrogens is 2. The highest BCUT2D eigenvalue weighted by Crippen LogP contribution is 2.32. The normalized spacial score (nSPS) is 15.7. The molecule has 3 N–H and O–H groups in total. The van der Waals surface area contributed by atoms with Gasteiger partial charge in [0.15, 0.2) is 0 Å². The number of aryl methyl sites for hydroxylation is 1. The minimum atomic E-state index is -0.745. The average Bonchev–Trinajstić information content (AvgIpc) is 3.44. The predicted octanol–water partition coefficient (Wildman–Crippen LogP) is 4.99. The lowest BCUT2D eigenvalue weighted by atomic mass is 9.92. The second kappa shape index (κ2) is 11.1. The van der Waals surface area contributed by atoms with Crippen LogP contribution in [0.25, 0.3) is 11.0 Å². The van der Waals surface area contributed by atoms with Crippen molar-refractivity contribution in [2.24, 2.45) is 0 Å². The van der Waals surface area contributed by atoms with Crippen LogP contribution in [0.15, 0.2) is 84.3 Å². The fourth-order valence-electron chi connectivity index (χ4n) is 4.69. The predicted molar refractivity (Wildman–Crippen MR) is 145 cm³/mol. The highest BCUT2D eigenvalue weighted by molar-refractivity contribution is 5.95. The Morgan fingerprint density at radius 2 is 1.95 bits per heavy atom. The van der Waals surface area contributed by atoms with Gasteiger partial charge in [-0.1, -0.05) is 30.3 Å². The van der Waals surface area contributed by atoms with Crippen molar-refractivity contribution in [2.75, 3.05) is 7.11 Å². The monoisotopic (exact) mass is 521 g/mol. The Balaban J connectivity index is 1.51. The summed E-state index contributed by atoms with van der Waals surface area (Å²) in [5, 5.41) is 15.0. The van der Waals surface area contributed by atoms with Gasteiger partial charge in [0.05, 0.1) is 47.7 Å². The van der Waals surface area contributed by atoms with Crippen LogP contribution in [0.5, 0.6) is 5.75 Å². The van der Waals surface area contributed by atoms with Crippen LogP contribution in [0.1, 0.15) is 47.7 Å². The fraction of sp³-hybridized carbons (Fsp3) is 0.200. The summed E-state index contributed by atoms with van der Waals surface area (Å²) in [6, 6.07) is 21.1. The van der Waals surface area contributed by atoms with Crippen LogP contribution >= 0.6 is 0 Å². The topological polar surface area (TPSA) is 129 Å². The fourth-order valence-corrected chi connectivity index (χ4v) is 4.69. The molecule has 5 rings (SSSR count). The number of fused-ring (bicyclic) bond motifs is 1. The van der Waals surface area contributed by atoms with Crippen molar-refractivity contribution in [3.05, 3.63) is 107 Å². The summed E-state index contributed by atoms with van der Waals surface area (Å²) in [6.07, 6.45) is 1.93. The molecule has 0 bridgehead atoms. The molecule has 9 heteroatoms. The number of benzene rings is 3. The SMILES string of the molecule is COc1cccc(CCC2=C(C(=O)OC(C)c3cccc(C#N)c3)C(c3ccc4[nH]cnc4c3)NC(=O)N2)c1. The number of H-pyrrole nitrogens is 1. The number of rotatable bonds is 8. The largest absolute Gasteiger partial charge is 0.497 e. The van der Waals surface area contributed by atoms with Crippen LogP contribution in [0, 0.1) is 11.3 Å². The molecular formula is C30H27N5O4. The van der Waals surface area contributed by atoms with Crippen LogP contribution in [0.4, 0.5) is 4.79 Å². The Morgan fingerprint density at radius 3 is 2.77 bits per heavy atom. The third kappa shape index (κ3) is 5.60. The van der Waals surface area contributed by atoms with Gasteiger partial charge >= 0.3 is 12.0 Å². The summed E-state index contributed by atoms with van der Waals surface area (Å²) in [4.78, 5) is 33.9. The molecule has 0 spiro atoms. The Morgan fingerprint density at radius 1 is 1.10 bits per heavy atom. The van der Waals surface area contributed by atoms with E-state index in [1.807, 2.05) is 42.5 Å². The van der Waals surface area contributed by atoms with Crippen LogP contribution < -0.4 is 15.4 Å². The van der Waals surface area contributed by atoms with Crippen molar-refractivity contribution in [1.82, 2.24) is 20.6 Å². The number of nitrogens with zero attached hydrogens (tertiary/aromatic N) is 2.